The van der Waals surface area contributed by atoms with Crippen LogP contribution in [0.3, 0.4) is 0 Å². The van der Waals surface area contributed by atoms with Crippen molar-refractivity contribution in [3.63, 3.8) is 0 Å². The first-order valence-corrected chi connectivity index (χ1v) is 6.05. The van der Waals surface area contributed by atoms with Crippen molar-refractivity contribution in [1.82, 2.24) is 16.4 Å². The van der Waals surface area contributed by atoms with E-state index in [-0.39, 0.29) is 6.61 Å². The Bertz CT molecular complexity index is 571. The molecule has 0 aliphatic heterocycles. The van der Waals surface area contributed by atoms with E-state index in [0.29, 0.717) is 6.61 Å². The van der Waals surface area contributed by atoms with Crippen LogP contribution in [-0.4, -0.2) is 19.2 Å². The molecule has 20 heavy (non-hydrogen) atoms. The van der Waals surface area contributed by atoms with E-state index in [1.54, 1.807) is 0 Å². The Hall–Kier alpha value is -2.35. The van der Waals surface area contributed by atoms with Gasteiger partial charge in [0.2, 0.25) is 0 Å². The Balaban J connectivity index is 1.77. The van der Waals surface area contributed by atoms with Gasteiger partial charge in [0.15, 0.2) is 0 Å². The van der Waals surface area contributed by atoms with Crippen molar-refractivity contribution in [3.8, 4) is 5.75 Å². The second-order valence-electron chi connectivity index (χ2n) is 3.87. The third kappa shape index (κ3) is 3.82. The van der Waals surface area contributed by atoms with Gasteiger partial charge >= 0.3 is 6.03 Å². The number of carbonyl (C=O) groups excluding carboxylic acids is 1. The van der Waals surface area contributed by atoms with Crippen LogP contribution >= 0.6 is 0 Å². The average molecular weight is 276 g/mol. The average Bonchev–Trinajstić information content (AvgIpc) is 2.50. The van der Waals surface area contributed by atoms with E-state index in [0.717, 1.165) is 16.5 Å². The molecule has 106 valence electrons. The minimum absolute atomic E-state index is 0.258. The highest BCUT2D eigenvalue weighted by Crippen LogP contribution is 2.24. The summed E-state index contributed by atoms with van der Waals surface area (Å²) in [5, 5.41) is 2.16. The van der Waals surface area contributed by atoms with Crippen LogP contribution in [0.2, 0.25) is 0 Å². The zero-order chi connectivity index (χ0) is 14.2. The van der Waals surface area contributed by atoms with E-state index in [4.69, 9.17) is 15.4 Å². The van der Waals surface area contributed by atoms with Gasteiger partial charge in [-0.2, -0.15) is 0 Å². The maximum absolute atomic E-state index is 10.7. The molecule has 0 aliphatic rings. The highest BCUT2D eigenvalue weighted by atomic mass is 16.7. The Morgan fingerprint density at radius 3 is 2.75 bits per heavy atom. The summed E-state index contributed by atoms with van der Waals surface area (Å²) in [5.74, 6) is 5.65. The minimum Gasteiger partial charge on any atom is -0.490 e. The number of hydrogen-bond donors (Lipinski definition) is 4. The molecule has 0 atom stereocenters. The first-order chi connectivity index (χ1) is 9.81. The second kappa shape index (κ2) is 7.29. The molecule has 2 aromatic carbocycles. The predicted octanol–water partition coefficient (Wildman–Crippen LogP) is 0.828. The third-order valence-corrected chi connectivity index (χ3v) is 2.56. The van der Waals surface area contributed by atoms with Gasteiger partial charge in [-0.05, 0) is 11.5 Å². The summed E-state index contributed by atoms with van der Waals surface area (Å²) in [6.07, 6.45) is 0. The lowest BCUT2D eigenvalue weighted by Gasteiger charge is -2.10. The molecule has 2 rings (SSSR count). The summed E-state index contributed by atoms with van der Waals surface area (Å²) in [5.41, 5.74) is 6.27. The van der Waals surface area contributed by atoms with Crippen LogP contribution in [0.4, 0.5) is 4.79 Å². The molecule has 0 bridgehead atoms. The molecule has 5 N–H and O–H groups in total. The Labute approximate surface area is 115 Å². The lowest BCUT2D eigenvalue weighted by molar-refractivity contribution is 0.00376. The van der Waals surface area contributed by atoms with E-state index >= 15 is 0 Å². The minimum atomic E-state index is -0.597. The molecule has 0 radical (unpaired) electrons. The quantitative estimate of drug-likeness (QED) is 0.271. The molecule has 0 saturated carbocycles. The van der Waals surface area contributed by atoms with Gasteiger partial charge in [-0.15, -0.1) is 5.59 Å². The van der Waals surface area contributed by atoms with Gasteiger partial charge in [-0.1, -0.05) is 36.4 Å². The number of nitrogens with one attached hydrogen (secondary N) is 3. The molecule has 0 heterocycles. The molecule has 0 fully saturated rings. The van der Waals surface area contributed by atoms with Gasteiger partial charge in [0.1, 0.15) is 19.0 Å². The molecule has 0 aliphatic carbocycles. The highest BCUT2D eigenvalue weighted by Gasteiger charge is 2.01. The van der Waals surface area contributed by atoms with Crippen molar-refractivity contribution in [2.24, 2.45) is 5.84 Å². The summed E-state index contributed by atoms with van der Waals surface area (Å²) in [4.78, 5) is 15.6. The smallest absolute Gasteiger partial charge is 0.345 e. The maximum Gasteiger partial charge on any atom is 0.345 e. The maximum atomic E-state index is 10.7. The lowest BCUT2D eigenvalue weighted by Crippen LogP contribution is -2.47. The monoisotopic (exact) mass is 276 g/mol. The van der Waals surface area contributed by atoms with Crippen LogP contribution in [0, 0.1) is 0 Å². The van der Waals surface area contributed by atoms with Crippen molar-refractivity contribution in [3.05, 3.63) is 42.5 Å². The molecule has 0 unspecified atom stereocenters. The van der Waals surface area contributed by atoms with Crippen LogP contribution in [0.1, 0.15) is 0 Å². The highest BCUT2D eigenvalue weighted by molar-refractivity contribution is 5.88. The number of rotatable bonds is 6. The molecular formula is C13H16N4O3. The number of amides is 2. The summed E-state index contributed by atoms with van der Waals surface area (Å²) in [6, 6.07) is 13.2. The standard InChI is InChI=1S/C13H16N4O3/c14-15-13(18)16-17-20-9-8-19-12-7-3-5-10-4-1-2-6-11(10)12/h1-7,17H,8-9,14H2,(H2,15,16,18). The van der Waals surface area contributed by atoms with Gasteiger partial charge in [0.25, 0.3) is 0 Å². The molecule has 0 spiro atoms. The molecule has 0 saturated heterocycles. The van der Waals surface area contributed by atoms with Crippen molar-refractivity contribution < 1.29 is 14.4 Å². The van der Waals surface area contributed by atoms with Crippen molar-refractivity contribution in [2.75, 3.05) is 13.2 Å². The van der Waals surface area contributed by atoms with Gasteiger partial charge in [0, 0.05) is 5.39 Å². The Kier molecular flexibility index (Phi) is 5.13. The fraction of sp³-hybridized carbons (Fsp3) is 0.154. The van der Waals surface area contributed by atoms with Gasteiger partial charge < -0.3 is 4.74 Å². The lowest BCUT2D eigenvalue weighted by atomic mass is 10.1. The SMILES string of the molecule is NNC(=O)NNOCCOc1cccc2ccccc12. The Morgan fingerprint density at radius 2 is 1.90 bits per heavy atom. The number of hydrazine groups is 2. The van der Waals surface area contributed by atoms with E-state index in [9.17, 15) is 4.79 Å². The fourth-order valence-electron chi connectivity index (χ4n) is 1.68. The van der Waals surface area contributed by atoms with E-state index in [1.807, 2.05) is 47.9 Å². The van der Waals surface area contributed by atoms with Crippen molar-refractivity contribution >= 4 is 16.8 Å². The summed E-state index contributed by atoms with van der Waals surface area (Å²) in [7, 11) is 0. The molecule has 2 amide bonds. The van der Waals surface area contributed by atoms with Crippen LogP contribution in [0.5, 0.6) is 5.75 Å². The summed E-state index contributed by atoms with van der Waals surface area (Å²) in [6.45, 7) is 0.598. The molecular weight excluding hydrogens is 260 g/mol. The van der Waals surface area contributed by atoms with Crippen LogP contribution in [0.25, 0.3) is 10.8 Å². The second-order valence-corrected chi connectivity index (χ2v) is 3.87. The Morgan fingerprint density at radius 1 is 1.10 bits per heavy atom. The first kappa shape index (κ1) is 14.1. The van der Waals surface area contributed by atoms with E-state index in [1.165, 1.54) is 0 Å². The van der Waals surface area contributed by atoms with Crippen LogP contribution in [-0.2, 0) is 4.84 Å². The van der Waals surface area contributed by atoms with E-state index in [2.05, 4.69) is 11.0 Å². The van der Waals surface area contributed by atoms with Crippen LogP contribution in [0.15, 0.2) is 42.5 Å². The predicted molar refractivity (Wildman–Crippen MR) is 74.4 cm³/mol. The topological polar surface area (TPSA) is 97.6 Å². The molecule has 7 nitrogen and oxygen atoms in total. The number of carbonyl (C=O) groups is 1. The number of hydrogen-bond acceptors (Lipinski definition) is 5. The fourth-order valence-corrected chi connectivity index (χ4v) is 1.68. The first-order valence-electron chi connectivity index (χ1n) is 6.05. The largest absolute Gasteiger partial charge is 0.490 e. The summed E-state index contributed by atoms with van der Waals surface area (Å²) < 4.78 is 5.63. The zero-order valence-corrected chi connectivity index (χ0v) is 10.8. The van der Waals surface area contributed by atoms with Crippen LogP contribution < -0.4 is 27.0 Å². The molecule has 7 heteroatoms. The number of benzene rings is 2. The van der Waals surface area contributed by atoms with Gasteiger partial charge in [-0.25, -0.2) is 16.1 Å². The van der Waals surface area contributed by atoms with Gasteiger partial charge in [-0.3, -0.25) is 10.3 Å². The normalized spacial score (nSPS) is 10.2. The number of fused-ring (bicyclic) bond motifs is 1. The number of nitrogens with two attached hydrogens (primary N) is 1. The number of ether oxygens (including phenoxy) is 1. The van der Waals surface area contributed by atoms with Crippen molar-refractivity contribution in [2.45, 2.75) is 0 Å². The van der Waals surface area contributed by atoms with E-state index < -0.39 is 6.03 Å². The van der Waals surface area contributed by atoms with Crippen molar-refractivity contribution in [1.29, 1.82) is 0 Å². The summed E-state index contributed by atoms with van der Waals surface area (Å²) >= 11 is 0. The van der Waals surface area contributed by atoms with Gasteiger partial charge in [0.05, 0.1) is 0 Å². The zero-order valence-electron chi connectivity index (χ0n) is 10.8. The third-order valence-electron chi connectivity index (χ3n) is 2.56. The molecule has 2 aromatic rings. The molecule has 0 aromatic heterocycles. The number of urea groups is 1.